The van der Waals surface area contributed by atoms with Gasteiger partial charge < -0.3 is 15.4 Å². The molecule has 0 unspecified atom stereocenters. The lowest BCUT2D eigenvalue weighted by atomic mass is 10.0. The average Bonchev–Trinajstić information content (AvgIpc) is 3.01. The first kappa shape index (κ1) is 24.6. The van der Waals surface area contributed by atoms with E-state index in [1.54, 1.807) is 49.0 Å². The van der Waals surface area contributed by atoms with Gasteiger partial charge in [0.2, 0.25) is 5.91 Å². The van der Waals surface area contributed by atoms with E-state index in [4.69, 9.17) is 4.74 Å². The van der Waals surface area contributed by atoms with Crippen LogP contribution in [0, 0.1) is 6.92 Å². The molecule has 0 aliphatic rings. The summed E-state index contributed by atoms with van der Waals surface area (Å²) >= 11 is 0. The summed E-state index contributed by atoms with van der Waals surface area (Å²) in [7, 11) is 3.07. The second kappa shape index (κ2) is 9.86. The molecule has 0 bridgehead atoms. The zero-order valence-corrected chi connectivity index (χ0v) is 18.6. The molecule has 2 aromatic carbocycles. The predicted octanol–water partition coefficient (Wildman–Crippen LogP) is 3.24. The van der Waals surface area contributed by atoms with Crippen LogP contribution in [-0.4, -0.2) is 34.5 Å². The van der Waals surface area contributed by atoms with Crippen LogP contribution in [0.1, 0.15) is 23.7 Å². The van der Waals surface area contributed by atoms with Crippen LogP contribution in [0.3, 0.4) is 0 Å². The minimum atomic E-state index is -5.12. The zero-order valence-electron chi connectivity index (χ0n) is 18.6. The van der Waals surface area contributed by atoms with Crippen molar-refractivity contribution >= 4 is 17.5 Å². The Hall–Kier alpha value is -4.02. The van der Waals surface area contributed by atoms with Crippen LogP contribution in [0.15, 0.2) is 59.4 Å². The van der Waals surface area contributed by atoms with Crippen LogP contribution in [-0.2, 0) is 16.6 Å². The Kier molecular flexibility index (Phi) is 7.14. The Labute approximate surface area is 192 Å². The third-order valence-corrected chi connectivity index (χ3v) is 5.29. The summed E-state index contributed by atoms with van der Waals surface area (Å²) in [6.07, 6.45) is -5.66. The maximum atomic E-state index is 13.0. The molecule has 1 aromatic heterocycles. The van der Waals surface area contributed by atoms with Crippen molar-refractivity contribution in [2.24, 2.45) is 7.05 Å². The first-order valence-corrected chi connectivity index (χ1v) is 10.2. The fourth-order valence-corrected chi connectivity index (χ4v) is 3.42. The number of hydrogen-bond donors (Lipinski definition) is 2. The van der Waals surface area contributed by atoms with Gasteiger partial charge in [-0.3, -0.25) is 19.1 Å². The number of amides is 2. The summed E-state index contributed by atoms with van der Waals surface area (Å²) in [6.45, 7) is 1.63. The highest BCUT2D eigenvalue weighted by Gasteiger charge is 2.40. The molecule has 34 heavy (non-hydrogen) atoms. The van der Waals surface area contributed by atoms with Crippen molar-refractivity contribution in [2.75, 3.05) is 12.4 Å². The van der Waals surface area contributed by atoms with Gasteiger partial charge in [-0.2, -0.15) is 13.2 Å². The number of para-hydroxylation sites is 1. The molecule has 3 rings (SSSR count). The second-order valence-electron chi connectivity index (χ2n) is 7.49. The van der Waals surface area contributed by atoms with Crippen LogP contribution in [0.5, 0.6) is 5.75 Å². The number of nitrogens with zero attached hydrogens (tertiary/aromatic N) is 2. The van der Waals surface area contributed by atoms with E-state index >= 15 is 0 Å². The molecule has 0 spiro atoms. The minimum Gasteiger partial charge on any atom is -0.497 e. The maximum absolute atomic E-state index is 13.0. The van der Waals surface area contributed by atoms with Crippen molar-refractivity contribution in [3.63, 3.8) is 0 Å². The molecule has 180 valence electrons. The molecule has 8 nitrogen and oxygen atoms in total. The van der Waals surface area contributed by atoms with Gasteiger partial charge in [-0.25, -0.2) is 4.68 Å². The molecule has 0 saturated heterocycles. The minimum absolute atomic E-state index is 0.00742. The van der Waals surface area contributed by atoms with Crippen molar-refractivity contribution in [3.05, 3.63) is 76.2 Å². The number of carbonyl (C=O) groups excluding carboxylic acids is 2. The number of aromatic nitrogens is 2. The van der Waals surface area contributed by atoms with E-state index in [1.165, 1.54) is 36.1 Å². The highest BCUT2D eigenvalue weighted by molar-refractivity contribution is 5.92. The van der Waals surface area contributed by atoms with Crippen LogP contribution in [0.4, 0.5) is 18.9 Å². The van der Waals surface area contributed by atoms with Gasteiger partial charge in [0.05, 0.1) is 31.0 Å². The van der Waals surface area contributed by atoms with Gasteiger partial charge >= 0.3 is 12.1 Å². The lowest BCUT2D eigenvalue weighted by molar-refractivity contribution is -0.174. The number of anilines is 1. The number of hydrogen-bond acceptors (Lipinski definition) is 4. The number of rotatable bonds is 7. The smallest absolute Gasteiger partial charge is 0.471 e. The van der Waals surface area contributed by atoms with Crippen molar-refractivity contribution in [1.82, 2.24) is 14.7 Å². The van der Waals surface area contributed by atoms with Gasteiger partial charge in [-0.15, -0.1) is 0 Å². The Bertz CT molecular complexity index is 1230. The molecule has 1 atom stereocenters. The largest absolute Gasteiger partial charge is 0.497 e. The van der Waals surface area contributed by atoms with E-state index in [9.17, 15) is 27.6 Å². The van der Waals surface area contributed by atoms with Crippen LogP contribution in [0.25, 0.3) is 5.69 Å². The number of carbonyl (C=O) groups is 2. The Morgan fingerprint density at radius 3 is 2.24 bits per heavy atom. The van der Waals surface area contributed by atoms with Crippen LogP contribution in [0.2, 0.25) is 0 Å². The number of benzene rings is 2. The fraction of sp³-hybridized carbons (Fsp3) is 0.261. The van der Waals surface area contributed by atoms with Gasteiger partial charge in [0.25, 0.3) is 5.56 Å². The molecule has 0 fully saturated rings. The summed E-state index contributed by atoms with van der Waals surface area (Å²) in [5.41, 5.74) is 0.779. The first-order chi connectivity index (χ1) is 16.0. The van der Waals surface area contributed by atoms with E-state index in [-0.39, 0.29) is 11.3 Å². The molecular weight excluding hydrogens is 453 g/mol. The SMILES string of the molecule is COc1ccc([C@@H](CC(=O)Nc2c(C)n(C)n(-c3ccccc3)c2=O)NC(=O)C(F)(F)F)cc1. The van der Waals surface area contributed by atoms with Crippen molar-refractivity contribution in [1.29, 1.82) is 0 Å². The fourth-order valence-electron chi connectivity index (χ4n) is 3.42. The Morgan fingerprint density at radius 2 is 1.68 bits per heavy atom. The molecular formula is C23H23F3N4O4. The van der Waals surface area contributed by atoms with Gasteiger partial charge in [-0.05, 0) is 36.8 Å². The molecule has 0 aliphatic carbocycles. The van der Waals surface area contributed by atoms with E-state index in [1.807, 2.05) is 5.32 Å². The Morgan fingerprint density at radius 1 is 1.06 bits per heavy atom. The molecule has 0 radical (unpaired) electrons. The van der Waals surface area contributed by atoms with Crippen molar-refractivity contribution in [3.8, 4) is 11.4 Å². The molecule has 11 heteroatoms. The highest BCUT2D eigenvalue weighted by atomic mass is 19.4. The molecule has 0 saturated carbocycles. The van der Waals surface area contributed by atoms with Crippen LogP contribution < -0.4 is 20.9 Å². The lowest BCUT2D eigenvalue weighted by Gasteiger charge is -2.20. The number of alkyl halides is 3. The quantitative estimate of drug-likeness (QED) is 0.548. The van der Waals surface area contributed by atoms with Gasteiger partial charge in [-0.1, -0.05) is 30.3 Å². The Balaban J connectivity index is 1.87. The standard InChI is InChI=1S/C23H23F3N4O4/c1-14-20(21(32)30(29(14)2)16-7-5-4-6-8-16)28-19(31)13-18(27-22(33)23(24,25)26)15-9-11-17(34-3)12-10-15/h4-12,18H,13H2,1-3H3,(H,27,33)(H,28,31)/t18-/m1/s1. The molecule has 2 N–H and O–H groups in total. The predicted molar refractivity (Wildman–Crippen MR) is 119 cm³/mol. The van der Waals surface area contributed by atoms with E-state index < -0.39 is 36.0 Å². The topological polar surface area (TPSA) is 94.4 Å². The monoisotopic (exact) mass is 476 g/mol. The highest BCUT2D eigenvalue weighted by Crippen LogP contribution is 2.24. The normalized spacial score (nSPS) is 12.2. The third kappa shape index (κ3) is 5.30. The van der Waals surface area contributed by atoms with Crippen molar-refractivity contribution in [2.45, 2.75) is 25.6 Å². The van der Waals surface area contributed by atoms with E-state index in [2.05, 4.69) is 5.32 Å². The number of ether oxygens (including phenoxy) is 1. The number of nitrogens with one attached hydrogen (secondary N) is 2. The van der Waals surface area contributed by atoms with Crippen molar-refractivity contribution < 1.29 is 27.5 Å². The first-order valence-electron chi connectivity index (χ1n) is 10.2. The summed E-state index contributed by atoms with van der Waals surface area (Å²) in [5.74, 6) is -2.46. The summed E-state index contributed by atoms with van der Waals surface area (Å²) in [5, 5.41) is 4.34. The second-order valence-corrected chi connectivity index (χ2v) is 7.49. The zero-order chi connectivity index (χ0) is 25.0. The summed E-state index contributed by atoms with van der Waals surface area (Å²) in [6, 6.07) is 13.3. The molecule has 0 aliphatic heterocycles. The van der Waals surface area contributed by atoms with E-state index in [0.717, 1.165) is 0 Å². The third-order valence-electron chi connectivity index (χ3n) is 5.29. The lowest BCUT2D eigenvalue weighted by Crippen LogP contribution is -2.40. The van der Waals surface area contributed by atoms with Gasteiger partial charge in [0.1, 0.15) is 11.4 Å². The average molecular weight is 476 g/mol. The maximum Gasteiger partial charge on any atom is 0.471 e. The van der Waals surface area contributed by atoms with Gasteiger partial charge in [0, 0.05) is 7.05 Å². The summed E-state index contributed by atoms with van der Waals surface area (Å²) < 4.78 is 46.5. The van der Waals surface area contributed by atoms with Crippen LogP contribution >= 0.6 is 0 Å². The summed E-state index contributed by atoms with van der Waals surface area (Å²) in [4.78, 5) is 37.3. The number of halogens is 3. The molecule has 2 amide bonds. The van der Waals surface area contributed by atoms with Gasteiger partial charge in [0.15, 0.2) is 0 Å². The molecule has 1 heterocycles. The van der Waals surface area contributed by atoms with E-state index in [0.29, 0.717) is 17.1 Å². The number of methoxy groups -OCH3 is 1. The molecule has 3 aromatic rings.